The first kappa shape index (κ1) is 41.1. The largest absolute Gasteiger partial charge is 0.496 e. The molecule has 0 bridgehead atoms. The Morgan fingerprint density at radius 3 is 1.25 bits per heavy atom. The number of aromatic nitrogens is 8. The standard InChI is InChI=1S/C13H14N2O.C12H12N2.C11H9FN2.C11H10N2/c1-9-8-12(16-3)10(2)7-11(9)13-14-5-4-6-15-13;1-9-4-5-11(10(2)8-9)12-13-6-3-7-14-12;1-8-7-9(12)3-4-10(8)11-13-5-2-6-14-11;1-9-3-5-10(6-4-9)11-12-7-2-8-13-11/h4-8H,1-3H3;3-8H,1-2H3;2-7H,1H3;2-8H,1H3. The molecule has 4 heterocycles. The van der Waals surface area contributed by atoms with Crippen molar-refractivity contribution in [1.29, 1.82) is 0 Å². The topological polar surface area (TPSA) is 112 Å². The first-order valence-corrected chi connectivity index (χ1v) is 18.3. The lowest BCUT2D eigenvalue weighted by Gasteiger charge is -2.10. The molecular formula is C47H45FN8O. The van der Waals surface area contributed by atoms with Crippen LogP contribution < -0.4 is 4.74 Å². The lowest BCUT2D eigenvalue weighted by atomic mass is 10.0. The third-order valence-electron chi connectivity index (χ3n) is 8.61. The number of aryl methyl sites for hydroxylation is 6. The molecule has 0 spiro atoms. The molecule has 0 fully saturated rings. The third-order valence-corrected chi connectivity index (χ3v) is 8.61. The molecule has 0 atom stereocenters. The molecule has 0 N–H and O–H groups in total. The van der Waals surface area contributed by atoms with Gasteiger partial charge >= 0.3 is 0 Å². The molecule has 0 amide bonds. The van der Waals surface area contributed by atoms with Crippen LogP contribution in [0.1, 0.15) is 33.4 Å². The van der Waals surface area contributed by atoms with Crippen LogP contribution in [0.25, 0.3) is 45.6 Å². The van der Waals surface area contributed by atoms with Gasteiger partial charge in [0.2, 0.25) is 0 Å². The fraction of sp³-hybridized carbons (Fsp3) is 0.149. The molecule has 57 heavy (non-hydrogen) atoms. The summed E-state index contributed by atoms with van der Waals surface area (Å²) in [6.45, 7) is 12.1. The Balaban J connectivity index is 0.000000145. The predicted octanol–water partition coefficient (Wildman–Crippen LogP) is 10.6. The van der Waals surface area contributed by atoms with Gasteiger partial charge in [0.05, 0.1) is 7.11 Å². The normalized spacial score (nSPS) is 10.1. The summed E-state index contributed by atoms with van der Waals surface area (Å²) in [4.78, 5) is 33.5. The van der Waals surface area contributed by atoms with Crippen LogP contribution in [0, 0.1) is 47.4 Å². The van der Waals surface area contributed by atoms with Gasteiger partial charge in [0.15, 0.2) is 23.3 Å². The Labute approximate surface area is 333 Å². The molecule has 8 rings (SSSR count). The predicted molar refractivity (Wildman–Crippen MR) is 225 cm³/mol. The molecule has 0 radical (unpaired) electrons. The van der Waals surface area contributed by atoms with E-state index in [4.69, 9.17) is 4.74 Å². The number of methoxy groups -OCH3 is 1. The van der Waals surface area contributed by atoms with Gasteiger partial charge in [-0.1, -0.05) is 53.6 Å². The smallest absolute Gasteiger partial charge is 0.159 e. The molecule has 286 valence electrons. The van der Waals surface area contributed by atoms with Crippen molar-refractivity contribution in [3.63, 3.8) is 0 Å². The first-order chi connectivity index (χ1) is 27.6. The van der Waals surface area contributed by atoms with Crippen molar-refractivity contribution in [2.45, 2.75) is 41.5 Å². The zero-order valence-electron chi connectivity index (χ0n) is 33.2. The van der Waals surface area contributed by atoms with Crippen molar-refractivity contribution >= 4 is 0 Å². The van der Waals surface area contributed by atoms with E-state index in [0.29, 0.717) is 5.82 Å². The molecule has 0 aliphatic heterocycles. The maximum Gasteiger partial charge on any atom is 0.159 e. The zero-order valence-corrected chi connectivity index (χ0v) is 33.2. The van der Waals surface area contributed by atoms with E-state index in [1.807, 2.05) is 57.2 Å². The summed E-state index contributed by atoms with van der Waals surface area (Å²) in [6, 6.07) is 30.4. The van der Waals surface area contributed by atoms with Crippen LogP contribution in [0.3, 0.4) is 0 Å². The van der Waals surface area contributed by atoms with Crippen molar-refractivity contribution in [3.05, 3.63) is 186 Å². The van der Waals surface area contributed by atoms with Crippen LogP contribution in [-0.4, -0.2) is 47.0 Å². The van der Waals surface area contributed by atoms with Gasteiger partial charge in [-0.15, -0.1) is 0 Å². The summed E-state index contributed by atoms with van der Waals surface area (Å²) in [5, 5.41) is 0. The maximum absolute atomic E-state index is 12.8. The van der Waals surface area contributed by atoms with Gasteiger partial charge < -0.3 is 4.74 Å². The van der Waals surface area contributed by atoms with Crippen LogP contribution in [-0.2, 0) is 0 Å². The lowest BCUT2D eigenvalue weighted by molar-refractivity contribution is 0.411. The molecule has 10 heteroatoms. The lowest BCUT2D eigenvalue weighted by Crippen LogP contribution is -1.94. The molecule has 0 unspecified atom stereocenters. The summed E-state index contributed by atoms with van der Waals surface area (Å²) in [6.07, 6.45) is 13.9. The number of benzene rings is 4. The van der Waals surface area contributed by atoms with Crippen LogP contribution in [0.5, 0.6) is 5.75 Å². The van der Waals surface area contributed by atoms with Crippen molar-refractivity contribution < 1.29 is 9.13 Å². The molecule has 8 aromatic rings. The molecule has 0 aliphatic carbocycles. The van der Waals surface area contributed by atoms with Crippen molar-refractivity contribution in [3.8, 4) is 51.3 Å². The highest BCUT2D eigenvalue weighted by atomic mass is 19.1. The number of ether oxygens (including phenoxy) is 1. The number of halogens is 1. The van der Waals surface area contributed by atoms with E-state index < -0.39 is 0 Å². The Kier molecular flexibility index (Phi) is 14.8. The van der Waals surface area contributed by atoms with E-state index in [1.54, 1.807) is 68.8 Å². The molecule has 4 aromatic heterocycles. The first-order valence-electron chi connectivity index (χ1n) is 18.3. The fourth-order valence-corrected chi connectivity index (χ4v) is 5.66. The second kappa shape index (κ2) is 20.6. The van der Waals surface area contributed by atoms with Gasteiger partial charge in [0.25, 0.3) is 0 Å². The van der Waals surface area contributed by atoms with Gasteiger partial charge in [-0.2, -0.15) is 0 Å². The van der Waals surface area contributed by atoms with E-state index >= 15 is 0 Å². The van der Waals surface area contributed by atoms with Gasteiger partial charge in [-0.25, -0.2) is 44.3 Å². The van der Waals surface area contributed by atoms with Crippen LogP contribution in [0.4, 0.5) is 4.39 Å². The molecule has 4 aromatic carbocycles. The summed E-state index contributed by atoms with van der Waals surface area (Å²) < 4.78 is 18.1. The van der Waals surface area contributed by atoms with E-state index in [9.17, 15) is 4.39 Å². The fourth-order valence-electron chi connectivity index (χ4n) is 5.66. The highest BCUT2D eigenvalue weighted by molar-refractivity contribution is 5.63. The second-order valence-electron chi connectivity index (χ2n) is 13.1. The number of hydrogen-bond donors (Lipinski definition) is 0. The van der Waals surface area contributed by atoms with Gasteiger partial charge in [0.1, 0.15) is 11.6 Å². The number of nitrogens with zero attached hydrogens (tertiary/aromatic N) is 8. The van der Waals surface area contributed by atoms with Crippen LogP contribution >= 0.6 is 0 Å². The Bertz CT molecular complexity index is 2370. The van der Waals surface area contributed by atoms with Gasteiger partial charge in [-0.3, -0.25) is 0 Å². The number of hydrogen-bond acceptors (Lipinski definition) is 9. The Morgan fingerprint density at radius 1 is 0.386 bits per heavy atom. The summed E-state index contributed by atoms with van der Waals surface area (Å²) in [5.74, 6) is 3.63. The van der Waals surface area contributed by atoms with Gasteiger partial charge in [-0.05, 0) is 118 Å². The summed E-state index contributed by atoms with van der Waals surface area (Å²) in [5.41, 5.74) is 10.9. The SMILES string of the molecule is COc1cc(C)c(-c2ncccn2)cc1C.Cc1cc(F)ccc1-c1ncccn1.Cc1ccc(-c2ncccn2)c(C)c1.Cc1ccc(-c2ncccn2)cc1. The van der Waals surface area contributed by atoms with E-state index in [2.05, 4.69) is 97.0 Å². The van der Waals surface area contributed by atoms with Crippen molar-refractivity contribution in [2.24, 2.45) is 0 Å². The molecule has 0 saturated heterocycles. The highest BCUT2D eigenvalue weighted by Gasteiger charge is 2.09. The zero-order chi connectivity index (χ0) is 40.6. The minimum Gasteiger partial charge on any atom is -0.496 e. The average molecular weight is 757 g/mol. The molecule has 9 nitrogen and oxygen atoms in total. The number of rotatable bonds is 5. The Hall–Kier alpha value is -7.07. The maximum atomic E-state index is 12.8. The molecular weight excluding hydrogens is 712 g/mol. The van der Waals surface area contributed by atoms with E-state index in [-0.39, 0.29) is 5.82 Å². The second-order valence-corrected chi connectivity index (χ2v) is 13.1. The highest BCUT2D eigenvalue weighted by Crippen LogP contribution is 2.28. The monoisotopic (exact) mass is 756 g/mol. The summed E-state index contributed by atoms with van der Waals surface area (Å²) in [7, 11) is 1.68. The third kappa shape index (κ3) is 12.0. The van der Waals surface area contributed by atoms with Crippen LogP contribution in [0.15, 0.2) is 147 Å². The van der Waals surface area contributed by atoms with E-state index in [0.717, 1.165) is 62.2 Å². The average Bonchev–Trinajstić information content (AvgIpc) is 3.24. The summed E-state index contributed by atoms with van der Waals surface area (Å²) >= 11 is 0. The minimum absolute atomic E-state index is 0.234. The van der Waals surface area contributed by atoms with Crippen molar-refractivity contribution in [2.75, 3.05) is 7.11 Å². The Morgan fingerprint density at radius 2 is 0.789 bits per heavy atom. The van der Waals surface area contributed by atoms with Gasteiger partial charge in [0, 0.05) is 71.8 Å². The van der Waals surface area contributed by atoms with E-state index in [1.165, 1.54) is 28.8 Å². The quantitative estimate of drug-likeness (QED) is 0.169. The molecule has 0 aliphatic rings. The minimum atomic E-state index is -0.234. The van der Waals surface area contributed by atoms with Crippen molar-refractivity contribution in [1.82, 2.24) is 39.9 Å². The molecule has 0 saturated carbocycles. The van der Waals surface area contributed by atoms with Crippen LogP contribution in [0.2, 0.25) is 0 Å².